The molecule has 1 aliphatic rings. The number of hydrogen-bond donors (Lipinski definition) is 0. The Labute approximate surface area is 68.8 Å². The molecule has 2 nitrogen and oxygen atoms in total. The zero-order valence-electron chi connectivity index (χ0n) is 7.38. The fourth-order valence-electron chi connectivity index (χ4n) is 1.73. The highest BCUT2D eigenvalue weighted by Crippen LogP contribution is 2.30. The number of hydrogen-bond acceptors (Lipinski definition) is 2. The maximum Gasteiger partial charge on any atom is 0.0657 e. The van der Waals surface area contributed by atoms with Gasteiger partial charge in [0.15, 0.2) is 0 Å². The van der Waals surface area contributed by atoms with E-state index >= 15 is 0 Å². The molecule has 0 aliphatic heterocycles. The van der Waals surface area contributed by atoms with Crippen LogP contribution in [0.15, 0.2) is 0 Å². The Morgan fingerprint density at radius 2 is 1.91 bits per heavy atom. The molecule has 0 amide bonds. The van der Waals surface area contributed by atoms with E-state index in [1.165, 1.54) is 0 Å². The van der Waals surface area contributed by atoms with E-state index in [9.17, 15) is 0 Å². The normalized spacial score (nSPS) is 29.6. The molecular formula is C9H16N2. The Kier molecular flexibility index (Phi) is 2.90. The van der Waals surface area contributed by atoms with Crippen molar-refractivity contribution in [1.82, 2.24) is 4.90 Å². The summed E-state index contributed by atoms with van der Waals surface area (Å²) in [5.41, 5.74) is 0. The van der Waals surface area contributed by atoms with Crippen molar-refractivity contribution >= 4 is 0 Å². The van der Waals surface area contributed by atoms with E-state index < -0.39 is 0 Å². The van der Waals surface area contributed by atoms with Gasteiger partial charge in [-0.1, -0.05) is 13.8 Å². The molecule has 62 valence electrons. The Morgan fingerprint density at radius 1 is 1.36 bits per heavy atom. The summed E-state index contributed by atoms with van der Waals surface area (Å²) < 4.78 is 0. The molecule has 1 rings (SSSR count). The average Bonchev–Trinajstić information content (AvgIpc) is 1.95. The van der Waals surface area contributed by atoms with Crippen LogP contribution in [0.2, 0.25) is 0 Å². The highest BCUT2D eigenvalue weighted by Gasteiger charge is 2.31. The molecule has 0 atom stereocenters. The summed E-state index contributed by atoms with van der Waals surface area (Å²) in [4.78, 5) is 2.44. The maximum absolute atomic E-state index is 8.56. The van der Waals surface area contributed by atoms with Crippen molar-refractivity contribution < 1.29 is 0 Å². The van der Waals surface area contributed by atoms with Gasteiger partial charge in [-0.15, -0.1) is 0 Å². The topological polar surface area (TPSA) is 27.0 Å². The highest BCUT2D eigenvalue weighted by molar-refractivity contribution is 4.97. The minimum absolute atomic E-state index is 0.348. The highest BCUT2D eigenvalue weighted by atomic mass is 15.2. The second-order valence-corrected chi connectivity index (χ2v) is 3.17. The van der Waals surface area contributed by atoms with Gasteiger partial charge in [0, 0.05) is 12.0 Å². The summed E-state index contributed by atoms with van der Waals surface area (Å²) in [6.07, 6.45) is 2.19. The molecule has 0 spiro atoms. The third-order valence-electron chi connectivity index (χ3n) is 2.62. The summed E-state index contributed by atoms with van der Waals surface area (Å²) >= 11 is 0. The molecule has 11 heavy (non-hydrogen) atoms. The quantitative estimate of drug-likeness (QED) is 0.614. The third-order valence-corrected chi connectivity index (χ3v) is 2.62. The van der Waals surface area contributed by atoms with Gasteiger partial charge in [-0.25, -0.2) is 0 Å². The van der Waals surface area contributed by atoms with E-state index in [-0.39, 0.29) is 0 Å². The van der Waals surface area contributed by atoms with Gasteiger partial charge in [-0.3, -0.25) is 0 Å². The zero-order valence-corrected chi connectivity index (χ0v) is 7.38. The smallest absolute Gasteiger partial charge is 0.0657 e. The molecule has 0 aromatic carbocycles. The van der Waals surface area contributed by atoms with Crippen molar-refractivity contribution in [3.63, 3.8) is 0 Å². The first kappa shape index (κ1) is 8.55. The fraction of sp³-hybridized carbons (Fsp3) is 0.889. The molecular weight excluding hydrogens is 136 g/mol. The first-order chi connectivity index (χ1) is 5.31. The van der Waals surface area contributed by atoms with Gasteiger partial charge in [-0.05, 0) is 25.9 Å². The van der Waals surface area contributed by atoms with Crippen LogP contribution in [0.4, 0.5) is 0 Å². The summed E-state index contributed by atoms with van der Waals surface area (Å²) in [5, 5.41) is 8.56. The van der Waals surface area contributed by atoms with Crippen molar-refractivity contribution in [3.8, 4) is 6.07 Å². The van der Waals surface area contributed by atoms with E-state index in [2.05, 4.69) is 24.8 Å². The second-order valence-electron chi connectivity index (χ2n) is 3.17. The third kappa shape index (κ3) is 1.72. The Balaban J connectivity index is 2.25. The number of rotatable bonds is 3. The van der Waals surface area contributed by atoms with Crippen LogP contribution in [0.5, 0.6) is 0 Å². The lowest BCUT2D eigenvalue weighted by Gasteiger charge is -2.39. The molecule has 0 bridgehead atoms. The van der Waals surface area contributed by atoms with Crippen LogP contribution in [-0.4, -0.2) is 24.0 Å². The standard InChI is InChI=1S/C9H16N2/c1-3-11(4-2)9-5-8(6-9)7-10/h8-9H,3-6H2,1-2H3. The zero-order chi connectivity index (χ0) is 8.27. The molecule has 0 radical (unpaired) electrons. The molecule has 0 heterocycles. The van der Waals surface area contributed by atoms with Crippen LogP contribution < -0.4 is 0 Å². The Hall–Kier alpha value is -0.550. The summed E-state index contributed by atoms with van der Waals surface area (Å²) in [6.45, 7) is 6.62. The molecule has 1 saturated carbocycles. The lowest BCUT2D eigenvalue weighted by atomic mass is 9.80. The first-order valence-corrected chi connectivity index (χ1v) is 4.45. The van der Waals surface area contributed by atoms with Crippen LogP contribution in [0.1, 0.15) is 26.7 Å². The van der Waals surface area contributed by atoms with Gasteiger partial charge in [0.05, 0.1) is 6.07 Å². The van der Waals surface area contributed by atoms with E-state index in [1.54, 1.807) is 0 Å². The summed E-state index contributed by atoms with van der Waals surface area (Å²) in [7, 11) is 0. The van der Waals surface area contributed by atoms with Crippen LogP contribution in [0.3, 0.4) is 0 Å². The lowest BCUT2D eigenvalue weighted by Crippen LogP contribution is -2.44. The van der Waals surface area contributed by atoms with Crippen molar-refractivity contribution in [2.45, 2.75) is 32.7 Å². The molecule has 0 aromatic rings. The summed E-state index contributed by atoms with van der Waals surface area (Å²) in [6, 6.07) is 3.01. The molecule has 0 N–H and O–H groups in total. The SMILES string of the molecule is CCN(CC)C1CC(C#N)C1. The molecule has 0 unspecified atom stereocenters. The van der Waals surface area contributed by atoms with Gasteiger partial charge in [0.25, 0.3) is 0 Å². The van der Waals surface area contributed by atoms with Gasteiger partial charge < -0.3 is 4.90 Å². The fourth-order valence-corrected chi connectivity index (χ4v) is 1.73. The van der Waals surface area contributed by atoms with Crippen LogP contribution in [-0.2, 0) is 0 Å². The Bertz CT molecular complexity index is 149. The van der Waals surface area contributed by atoms with Crippen LogP contribution in [0, 0.1) is 17.2 Å². The minimum Gasteiger partial charge on any atom is -0.301 e. The van der Waals surface area contributed by atoms with Gasteiger partial charge >= 0.3 is 0 Å². The van der Waals surface area contributed by atoms with Crippen molar-refractivity contribution in [2.24, 2.45) is 5.92 Å². The van der Waals surface area contributed by atoms with E-state index in [0.29, 0.717) is 12.0 Å². The van der Waals surface area contributed by atoms with Crippen molar-refractivity contribution in [3.05, 3.63) is 0 Å². The molecule has 0 saturated heterocycles. The van der Waals surface area contributed by atoms with E-state index in [1.807, 2.05) is 0 Å². The largest absolute Gasteiger partial charge is 0.301 e. The predicted molar refractivity (Wildman–Crippen MR) is 45.0 cm³/mol. The first-order valence-electron chi connectivity index (χ1n) is 4.45. The summed E-state index contributed by atoms with van der Waals surface area (Å²) in [5.74, 6) is 0.348. The average molecular weight is 152 g/mol. The van der Waals surface area contributed by atoms with Gasteiger partial charge in [0.2, 0.25) is 0 Å². The lowest BCUT2D eigenvalue weighted by molar-refractivity contribution is 0.112. The Morgan fingerprint density at radius 3 is 2.27 bits per heavy atom. The molecule has 0 aromatic heterocycles. The van der Waals surface area contributed by atoms with Crippen molar-refractivity contribution in [2.75, 3.05) is 13.1 Å². The van der Waals surface area contributed by atoms with Gasteiger partial charge in [-0.2, -0.15) is 5.26 Å². The molecule has 1 aliphatic carbocycles. The predicted octanol–water partition coefficient (Wildman–Crippen LogP) is 1.63. The minimum atomic E-state index is 0.348. The monoisotopic (exact) mass is 152 g/mol. The van der Waals surface area contributed by atoms with E-state index in [0.717, 1.165) is 25.9 Å². The van der Waals surface area contributed by atoms with Crippen LogP contribution >= 0.6 is 0 Å². The van der Waals surface area contributed by atoms with Crippen molar-refractivity contribution in [1.29, 1.82) is 5.26 Å². The van der Waals surface area contributed by atoms with Gasteiger partial charge in [0.1, 0.15) is 0 Å². The number of nitrogens with zero attached hydrogens (tertiary/aromatic N) is 2. The molecule has 1 fully saturated rings. The second kappa shape index (κ2) is 3.73. The maximum atomic E-state index is 8.56. The van der Waals surface area contributed by atoms with E-state index in [4.69, 9.17) is 5.26 Å². The van der Waals surface area contributed by atoms with Crippen LogP contribution in [0.25, 0.3) is 0 Å². The number of nitriles is 1. The molecule has 2 heteroatoms.